The summed E-state index contributed by atoms with van der Waals surface area (Å²) in [6.07, 6.45) is -2.99. The minimum Gasteiger partial charge on any atom is -0.311 e. The van der Waals surface area contributed by atoms with Crippen LogP contribution in [0.1, 0.15) is 18.2 Å². The summed E-state index contributed by atoms with van der Waals surface area (Å²) < 4.78 is 68.5. The van der Waals surface area contributed by atoms with Crippen molar-refractivity contribution in [3.8, 4) is 11.5 Å². The van der Waals surface area contributed by atoms with Crippen LogP contribution in [0.4, 0.5) is 13.2 Å². The topological polar surface area (TPSA) is 82.2 Å². The van der Waals surface area contributed by atoms with Gasteiger partial charge in [0.05, 0.1) is 15.7 Å². The van der Waals surface area contributed by atoms with E-state index in [1.165, 1.54) is 11.5 Å². The molecule has 0 aliphatic rings. The fourth-order valence-electron chi connectivity index (χ4n) is 3.38. The first-order chi connectivity index (χ1) is 14.0. The highest BCUT2D eigenvalue weighted by atomic mass is 79.9. The highest BCUT2D eigenvalue weighted by molar-refractivity contribution is 9.10. The molecule has 0 aromatic carbocycles. The van der Waals surface area contributed by atoms with E-state index >= 15 is 0 Å². The third-order valence-electron chi connectivity index (χ3n) is 4.87. The van der Waals surface area contributed by atoms with Crippen molar-refractivity contribution < 1.29 is 21.6 Å². The lowest BCUT2D eigenvalue weighted by Crippen LogP contribution is -2.09. The van der Waals surface area contributed by atoms with Crippen LogP contribution in [-0.4, -0.2) is 38.3 Å². The number of nitrogens with zero attached hydrogens (tertiary/aromatic N) is 5. The molecular weight excluding hydrogens is 487 g/mol. The fourth-order valence-corrected chi connectivity index (χ4v) is 5.95. The van der Waals surface area contributed by atoms with Crippen LogP contribution in [0, 0.1) is 6.92 Å². The van der Waals surface area contributed by atoms with Crippen LogP contribution in [-0.2, 0) is 23.1 Å². The van der Waals surface area contributed by atoms with E-state index in [2.05, 4.69) is 31.1 Å². The lowest BCUT2D eigenvalue weighted by atomic mass is 10.2. The maximum Gasteiger partial charge on any atom is 0.435 e. The number of sulfone groups is 1. The number of alkyl halides is 3. The van der Waals surface area contributed by atoms with E-state index in [1.54, 1.807) is 23.7 Å². The highest BCUT2D eigenvalue weighted by Gasteiger charge is 2.35. The maximum absolute atomic E-state index is 13.0. The van der Waals surface area contributed by atoms with E-state index < -0.39 is 21.7 Å². The Hall–Kier alpha value is -2.47. The Balaban J connectivity index is 2.14. The molecule has 0 amide bonds. The summed E-state index contributed by atoms with van der Waals surface area (Å²) in [6.45, 7) is 3.36. The van der Waals surface area contributed by atoms with Crippen molar-refractivity contribution in [3.05, 3.63) is 40.1 Å². The Bertz CT molecular complexity index is 1420. The third-order valence-corrected chi connectivity index (χ3v) is 7.68. The largest absolute Gasteiger partial charge is 0.435 e. The van der Waals surface area contributed by atoms with Gasteiger partial charge in [-0.1, -0.05) is 13.0 Å². The smallest absolute Gasteiger partial charge is 0.311 e. The SMILES string of the molecule is CCS(=O)(=O)c1c(Br)c2c(C)cccn2c1-c1nc2cc(C(F)(F)F)nnc2n1C. The van der Waals surface area contributed by atoms with Crippen LogP contribution < -0.4 is 0 Å². The van der Waals surface area contributed by atoms with E-state index in [-0.39, 0.29) is 33.3 Å². The standard InChI is InChI=1S/C18H15BrF3N5O2S/c1-4-30(28,29)15-12(19)13-9(2)6-5-7-27(13)14(15)17-23-10-8-11(18(20,21)22)24-25-16(10)26(17)3/h5-8H,4H2,1-3H3. The molecule has 158 valence electrons. The fraction of sp³-hybridized carbons (Fsp3) is 0.278. The summed E-state index contributed by atoms with van der Waals surface area (Å²) >= 11 is 3.42. The first kappa shape index (κ1) is 20.8. The Kier molecular flexibility index (Phi) is 4.69. The molecule has 4 aromatic rings. The summed E-state index contributed by atoms with van der Waals surface area (Å²) in [5, 5.41) is 6.91. The molecular formula is C18H15BrF3N5O2S. The van der Waals surface area contributed by atoms with Gasteiger partial charge in [0.25, 0.3) is 0 Å². The second-order valence-corrected chi connectivity index (χ2v) is 9.74. The zero-order chi connectivity index (χ0) is 22.0. The minimum absolute atomic E-state index is 0.0294. The van der Waals surface area contributed by atoms with Gasteiger partial charge in [-0.3, -0.25) is 0 Å². The number of aryl methyl sites for hydroxylation is 2. The van der Waals surface area contributed by atoms with Gasteiger partial charge in [0.1, 0.15) is 16.1 Å². The molecule has 0 aliphatic heterocycles. The van der Waals surface area contributed by atoms with Crippen LogP contribution in [0.2, 0.25) is 0 Å². The molecule has 0 bridgehead atoms. The molecule has 0 radical (unpaired) electrons. The second-order valence-electron chi connectivity index (χ2n) is 6.74. The van der Waals surface area contributed by atoms with Crippen molar-refractivity contribution in [3.63, 3.8) is 0 Å². The van der Waals surface area contributed by atoms with Gasteiger partial charge < -0.3 is 8.97 Å². The number of imidazole rings is 1. The van der Waals surface area contributed by atoms with E-state index in [4.69, 9.17) is 0 Å². The van der Waals surface area contributed by atoms with Crippen LogP contribution in [0.25, 0.3) is 28.2 Å². The average molecular weight is 502 g/mol. The molecule has 7 nitrogen and oxygen atoms in total. The first-order valence-corrected chi connectivity index (χ1v) is 11.2. The predicted octanol–water partition coefficient (Wildman–Crippen LogP) is 4.17. The summed E-state index contributed by atoms with van der Waals surface area (Å²) in [5.41, 5.74) is 0.606. The van der Waals surface area contributed by atoms with Crippen LogP contribution in [0.3, 0.4) is 0 Å². The van der Waals surface area contributed by atoms with Crippen molar-refractivity contribution in [2.24, 2.45) is 7.05 Å². The number of rotatable bonds is 3. The van der Waals surface area contributed by atoms with E-state index in [1.807, 2.05) is 13.0 Å². The molecule has 0 aliphatic carbocycles. The zero-order valence-corrected chi connectivity index (χ0v) is 18.4. The first-order valence-electron chi connectivity index (χ1n) is 8.77. The lowest BCUT2D eigenvalue weighted by Gasteiger charge is -2.07. The molecule has 0 saturated carbocycles. The van der Waals surface area contributed by atoms with Crippen molar-refractivity contribution in [2.75, 3.05) is 5.75 Å². The van der Waals surface area contributed by atoms with Gasteiger partial charge in [0, 0.05) is 19.3 Å². The highest BCUT2D eigenvalue weighted by Crippen LogP contribution is 2.40. The van der Waals surface area contributed by atoms with Gasteiger partial charge in [-0.25, -0.2) is 13.4 Å². The summed E-state index contributed by atoms with van der Waals surface area (Å²) in [7, 11) is -2.16. The molecule has 4 aromatic heterocycles. The quantitative estimate of drug-likeness (QED) is 0.420. The van der Waals surface area contributed by atoms with E-state index in [0.29, 0.717) is 9.99 Å². The monoisotopic (exact) mass is 501 g/mol. The van der Waals surface area contributed by atoms with Gasteiger partial charge in [0.15, 0.2) is 27.0 Å². The van der Waals surface area contributed by atoms with E-state index in [9.17, 15) is 21.6 Å². The minimum atomic E-state index is -4.67. The zero-order valence-electron chi connectivity index (χ0n) is 16.0. The normalized spacial score (nSPS) is 12.9. The number of pyridine rings is 1. The molecule has 0 spiro atoms. The number of hydrogen-bond acceptors (Lipinski definition) is 5. The molecule has 0 atom stereocenters. The van der Waals surface area contributed by atoms with Crippen molar-refractivity contribution in [1.29, 1.82) is 0 Å². The third kappa shape index (κ3) is 3.00. The van der Waals surface area contributed by atoms with Crippen molar-refractivity contribution in [2.45, 2.75) is 24.9 Å². The summed E-state index contributed by atoms with van der Waals surface area (Å²) in [5.74, 6) is 0.00759. The molecule has 4 heterocycles. The lowest BCUT2D eigenvalue weighted by molar-refractivity contribution is -0.141. The van der Waals surface area contributed by atoms with E-state index in [0.717, 1.165) is 11.6 Å². The predicted molar refractivity (Wildman–Crippen MR) is 108 cm³/mol. The van der Waals surface area contributed by atoms with Gasteiger partial charge >= 0.3 is 6.18 Å². The van der Waals surface area contributed by atoms with Crippen LogP contribution in [0.15, 0.2) is 33.8 Å². The van der Waals surface area contributed by atoms with Crippen LogP contribution in [0.5, 0.6) is 0 Å². The van der Waals surface area contributed by atoms with Gasteiger partial charge in [-0.15, -0.1) is 10.2 Å². The number of aromatic nitrogens is 5. The average Bonchev–Trinajstić information content (AvgIpc) is 3.16. The number of hydrogen-bond donors (Lipinski definition) is 0. The molecule has 0 saturated heterocycles. The Morgan fingerprint density at radius 3 is 2.57 bits per heavy atom. The van der Waals surface area contributed by atoms with Crippen molar-refractivity contribution in [1.82, 2.24) is 24.1 Å². The molecule has 12 heteroatoms. The number of fused-ring (bicyclic) bond motifs is 2. The van der Waals surface area contributed by atoms with Crippen LogP contribution >= 0.6 is 15.9 Å². The van der Waals surface area contributed by atoms with Gasteiger partial charge in [0.2, 0.25) is 0 Å². The Morgan fingerprint density at radius 1 is 1.23 bits per heavy atom. The molecule has 0 N–H and O–H groups in total. The van der Waals surface area contributed by atoms with Gasteiger partial charge in [-0.05, 0) is 34.5 Å². The molecule has 30 heavy (non-hydrogen) atoms. The summed E-state index contributed by atoms with van der Waals surface area (Å²) in [4.78, 5) is 4.34. The molecule has 4 rings (SSSR count). The Labute approximate surface area is 177 Å². The molecule has 0 unspecified atom stereocenters. The number of halogens is 4. The second kappa shape index (κ2) is 6.77. The molecule has 0 fully saturated rings. The van der Waals surface area contributed by atoms with Gasteiger partial charge in [-0.2, -0.15) is 13.2 Å². The maximum atomic E-state index is 13.0. The summed E-state index contributed by atoms with van der Waals surface area (Å²) in [6, 6.07) is 4.39. The van der Waals surface area contributed by atoms with Crippen molar-refractivity contribution >= 4 is 42.4 Å². The Morgan fingerprint density at radius 2 is 1.93 bits per heavy atom.